The van der Waals surface area contributed by atoms with E-state index in [1.807, 2.05) is 6.92 Å². The average molecular weight is 354 g/mol. The standard InChI is InChI=1S/C5H12O2.C4H4BrNO2.C4H8O/c1-3-5(6)4-7-2;5-6-3(7)1-2-4(6)8;1-3-4-5-2/h5-6H,3-4H2,1-2H3;1-2H2;3H,1,4H2,2H3. The van der Waals surface area contributed by atoms with Gasteiger partial charge < -0.3 is 14.6 Å². The second-order valence-electron chi connectivity index (χ2n) is 3.83. The average Bonchev–Trinajstić information content (AvgIpc) is 2.73. The fourth-order valence-electron chi connectivity index (χ4n) is 0.977. The summed E-state index contributed by atoms with van der Waals surface area (Å²) in [5.74, 6) is -0.287. The normalized spacial score (nSPS) is 14.9. The van der Waals surface area contributed by atoms with E-state index in [2.05, 4.69) is 32.2 Å². The summed E-state index contributed by atoms with van der Waals surface area (Å²) in [4.78, 5) is 20.9. The Hall–Kier alpha value is -0.760. The Kier molecular flexibility index (Phi) is 15.8. The molecule has 1 saturated heterocycles. The highest BCUT2D eigenvalue weighted by molar-refractivity contribution is 9.08. The number of aliphatic hydroxyl groups excluding tert-OH is 1. The van der Waals surface area contributed by atoms with E-state index in [4.69, 9.17) is 5.11 Å². The van der Waals surface area contributed by atoms with Crippen LogP contribution in [-0.2, 0) is 19.1 Å². The number of halogens is 1. The van der Waals surface area contributed by atoms with Crippen LogP contribution in [0.4, 0.5) is 0 Å². The van der Waals surface area contributed by atoms with Crippen LogP contribution >= 0.6 is 16.1 Å². The predicted molar refractivity (Wildman–Crippen MR) is 80.3 cm³/mol. The van der Waals surface area contributed by atoms with E-state index < -0.39 is 0 Å². The van der Waals surface area contributed by atoms with Crippen molar-refractivity contribution >= 4 is 28.0 Å². The van der Waals surface area contributed by atoms with Gasteiger partial charge in [-0.05, 0) is 6.42 Å². The van der Waals surface area contributed by atoms with Gasteiger partial charge in [-0.3, -0.25) is 9.59 Å². The van der Waals surface area contributed by atoms with Crippen molar-refractivity contribution in [3.05, 3.63) is 12.7 Å². The fraction of sp³-hybridized carbons (Fsp3) is 0.692. The van der Waals surface area contributed by atoms with Crippen molar-refractivity contribution in [2.75, 3.05) is 27.4 Å². The number of aliphatic hydroxyl groups is 1. The molecule has 0 spiro atoms. The maximum atomic E-state index is 10.4. The minimum Gasteiger partial charge on any atom is -0.391 e. The smallest absolute Gasteiger partial charge is 0.239 e. The van der Waals surface area contributed by atoms with E-state index in [0.717, 1.165) is 10.3 Å². The van der Waals surface area contributed by atoms with Gasteiger partial charge in [0.25, 0.3) is 0 Å². The van der Waals surface area contributed by atoms with Gasteiger partial charge in [-0.1, -0.05) is 13.0 Å². The molecule has 0 aliphatic carbocycles. The van der Waals surface area contributed by atoms with E-state index in [9.17, 15) is 9.59 Å². The highest BCUT2D eigenvalue weighted by Gasteiger charge is 2.26. The molecular formula is C13H24BrNO5. The van der Waals surface area contributed by atoms with Gasteiger partial charge in [0.1, 0.15) is 0 Å². The third-order valence-corrected chi connectivity index (χ3v) is 2.90. The summed E-state index contributed by atoms with van der Waals surface area (Å²) in [5.41, 5.74) is 0. The lowest BCUT2D eigenvalue weighted by atomic mass is 10.3. The molecule has 0 saturated carbocycles. The topological polar surface area (TPSA) is 76.1 Å². The number of carbonyl (C=O) groups is 2. The number of ether oxygens (including phenoxy) is 2. The molecule has 2 amide bonds. The van der Waals surface area contributed by atoms with Gasteiger partial charge in [0, 0.05) is 27.1 Å². The molecule has 0 aromatic rings. The summed E-state index contributed by atoms with van der Waals surface area (Å²) in [5, 5.41) is 8.73. The lowest BCUT2D eigenvalue weighted by Gasteiger charge is -2.02. The first-order chi connectivity index (χ1) is 9.44. The summed E-state index contributed by atoms with van der Waals surface area (Å²) >= 11 is 2.80. The van der Waals surface area contributed by atoms with Crippen LogP contribution in [0.1, 0.15) is 26.2 Å². The van der Waals surface area contributed by atoms with E-state index >= 15 is 0 Å². The minimum atomic E-state index is -0.273. The second-order valence-corrected chi connectivity index (χ2v) is 4.54. The highest BCUT2D eigenvalue weighted by atomic mass is 79.9. The Balaban J connectivity index is 0. The molecule has 118 valence electrons. The first kappa shape index (κ1) is 21.5. The van der Waals surface area contributed by atoms with Gasteiger partial charge in [-0.15, -0.1) is 6.58 Å². The lowest BCUT2D eigenvalue weighted by molar-refractivity contribution is -0.131. The van der Waals surface area contributed by atoms with Crippen molar-refractivity contribution in [3.63, 3.8) is 0 Å². The minimum absolute atomic E-state index is 0.144. The van der Waals surface area contributed by atoms with Crippen molar-refractivity contribution in [1.82, 2.24) is 3.93 Å². The van der Waals surface area contributed by atoms with E-state index in [1.165, 1.54) is 0 Å². The molecule has 6 nitrogen and oxygen atoms in total. The Morgan fingerprint density at radius 1 is 1.35 bits per heavy atom. The molecule has 0 aromatic heterocycles. The summed E-state index contributed by atoms with van der Waals surface area (Å²) in [6.45, 7) is 6.45. The number of hydrogen-bond acceptors (Lipinski definition) is 5. The van der Waals surface area contributed by atoms with Gasteiger partial charge in [0.15, 0.2) is 0 Å². The van der Waals surface area contributed by atoms with Crippen molar-refractivity contribution in [3.8, 4) is 0 Å². The number of imide groups is 1. The summed E-state index contributed by atoms with van der Waals surface area (Å²) in [7, 11) is 3.22. The van der Waals surface area contributed by atoms with E-state index in [0.29, 0.717) is 26.1 Å². The van der Waals surface area contributed by atoms with Gasteiger partial charge in [-0.25, -0.2) is 3.93 Å². The van der Waals surface area contributed by atoms with Crippen LogP contribution in [0.5, 0.6) is 0 Å². The zero-order chi connectivity index (χ0) is 16.0. The molecule has 1 aliphatic heterocycles. The highest BCUT2D eigenvalue weighted by Crippen LogP contribution is 2.14. The van der Waals surface area contributed by atoms with Crippen LogP contribution in [0.2, 0.25) is 0 Å². The largest absolute Gasteiger partial charge is 0.391 e. The molecule has 20 heavy (non-hydrogen) atoms. The second kappa shape index (κ2) is 14.6. The molecule has 1 rings (SSSR count). The van der Waals surface area contributed by atoms with Gasteiger partial charge in [-0.2, -0.15) is 0 Å². The molecule has 0 bridgehead atoms. The molecule has 0 radical (unpaired) electrons. The molecule has 1 aliphatic rings. The van der Waals surface area contributed by atoms with Crippen LogP contribution in [0, 0.1) is 0 Å². The molecule has 1 atom stereocenters. The number of carbonyl (C=O) groups excluding carboxylic acids is 2. The lowest BCUT2D eigenvalue weighted by Crippen LogP contribution is -2.16. The van der Waals surface area contributed by atoms with Gasteiger partial charge in [0.05, 0.1) is 35.5 Å². The third-order valence-electron chi connectivity index (χ3n) is 2.11. The molecule has 1 fully saturated rings. The number of amides is 2. The zero-order valence-corrected chi connectivity index (χ0v) is 13.9. The van der Waals surface area contributed by atoms with E-state index in [1.54, 1.807) is 20.3 Å². The van der Waals surface area contributed by atoms with Crippen LogP contribution in [0.25, 0.3) is 0 Å². The molecule has 7 heteroatoms. The Bertz CT molecular complexity index is 270. The van der Waals surface area contributed by atoms with Crippen molar-refractivity contribution in [1.29, 1.82) is 0 Å². The van der Waals surface area contributed by atoms with Crippen LogP contribution in [0.3, 0.4) is 0 Å². The Morgan fingerprint density at radius 2 is 1.85 bits per heavy atom. The number of methoxy groups -OCH3 is 2. The maximum Gasteiger partial charge on any atom is 0.239 e. The summed E-state index contributed by atoms with van der Waals surface area (Å²) in [6.07, 6.45) is 2.91. The molecule has 1 unspecified atom stereocenters. The number of rotatable bonds is 5. The van der Waals surface area contributed by atoms with Crippen LogP contribution in [0.15, 0.2) is 12.7 Å². The maximum absolute atomic E-state index is 10.4. The molecule has 1 heterocycles. The van der Waals surface area contributed by atoms with Crippen molar-refractivity contribution in [2.45, 2.75) is 32.3 Å². The van der Waals surface area contributed by atoms with E-state index in [-0.39, 0.29) is 17.9 Å². The SMILES string of the molecule is C=CCOC.CCC(O)COC.O=C1CCC(=O)N1Br. The quantitative estimate of drug-likeness (QED) is 0.462. The molecule has 0 aromatic carbocycles. The summed E-state index contributed by atoms with van der Waals surface area (Å²) < 4.78 is 10.2. The Labute approximate surface area is 129 Å². The number of hydrogen-bond donors (Lipinski definition) is 1. The molecular weight excluding hydrogens is 330 g/mol. The van der Waals surface area contributed by atoms with Crippen LogP contribution in [-0.4, -0.2) is 54.4 Å². The molecule has 1 N–H and O–H groups in total. The first-order valence-electron chi connectivity index (χ1n) is 6.22. The Morgan fingerprint density at radius 3 is 1.95 bits per heavy atom. The predicted octanol–water partition coefficient (Wildman–Crippen LogP) is 1.67. The zero-order valence-electron chi connectivity index (χ0n) is 12.3. The van der Waals surface area contributed by atoms with Crippen molar-refractivity contribution < 1.29 is 24.2 Å². The van der Waals surface area contributed by atoms with Gasteiger partial charge >= 0.3 is 0 Å². The van der Waals surface area contributed by atoms with Crippen molar-refractivity contribution in [2.24, 2.45) is 0 Å². The first-order valence-corrected chi connectivity index (χ1v) is 6.93. The van der Waals surface area contributed by atoms with Crippen LogP contribution < -0.4 is 0 Å². The van der Waals surface area contributed by atoms with Gasteiger partial charge in [0.2, 0.25) is 11.8 Å². The fourth-order valence-corrected chi connectivity index (χ4v) is 1.33. The number of nitrogens with zero attached hydrogens (tertiary/aromatic N) is 1. The summed E-state index contributed by atoms with van der Waals surface area (Å²) in [6, 6.07) is 0. The third kappa shape index (κ3) is 12.3. The monoisotopic (exact) mass is 353 g/mol.